The molecule has 12 heteroatoms. The van der Waals surface area contributed by atoms with Gasteiger partial charge in [0.05, 0.1) is 12.5 Å². The highest BCUT2D eigenvalue weighted by Gasteiger charge is 2.21. The zero-order valence-electron chi connectivity index (χ0n) is 26.5. The smallest absolute Gasteiger partial charge is 0.265 e. The molecule has 0 spiro atoms. The number of amides is 2. The Balaban J connectivity index is 0.000000250. The molecule has 4 aromatic rings. The van der Waals surface area contributed by atoms with Crippen molar-refractivity contribution in [2.45, 2.75) is 39.9 Å². The summed E-state index contributed by atoms with van der Waals surface area (Å²) in [7, 11) is -7.25. The van der Waals surface area contributed by atoms with Gasteiger partial charge in [-0.1, -0.05) is 71.8 Å². The van der Waals surface area contributed by atoms with Crippen LogP contribution in [-0.2, 0) is 20.0 Å². The molecule has 0 bridgehead atoms. The fourth-order valence-corrected chi connectivity index (χ4v) is 5.32. The standard InChI is InChI=1S/2C17H19NO4S/c2*1-12-9-10-15(13(2)22-14-7-5-4-6-8-14)16(11-12)17(19)18-23(3,20)21/h2*4-11,13H,1-3H3,(H,18,19)/t2*13-/m11/s1. The lowest BCUT2D eigenvalue weighted by atomic mass is 10.00. The normalized spacial score (nSPS) is 12.5. The highest BCUT2D eigenvalue weighted by atomic mass is 32.2. The summed E-state index contributed by atoms with van der Waals surface area (Å²) < 4.78 is 60.9. The van der Waals surface area contributed by atoms with Crippen LogP contribution in [0.2, 0.25) is 0 Å². The summed E-state index contributed by atoms with van der Waals surface area (Å²) in [5.41, 5.74) is 3.55. The van der Waals surface area contributed by atoms with Crippen LogP contribution in [-0.4, -0.2) is 41.2 Å². The minimum atomic E-state index is -3.63. The molecule has 0 radical (unpaired) electrons. The lowest BCUT2D eigenvalue weighted by molar-refractivity contribution is 0.0968. The van der Waals surface area contributed by atoms with Crippen molar-refractivity contribution >= 4 is 31.9 Å². The maximum Gasteiger partial charge on any atom is 0.265 e. The van der Waals surface area contributed by atoms with Crippen LogP contribution in [0.5, 0.6) is 11.5 Å². The summed E-state index contributed by atoms with van der Waals surface area (Å²) in [6.07, 6.45) is 1.09. The number of rotatable bonds is 10. The van der Waals surface area contributed by atoms with Gasteiger partial charge >= 0.3 is 0 Å². The molecule has 244 valence electrons. The molecule has 46 heavy (non-hydrogen) atoms. The van der Waals surface area contributed by atoms with Crippen molar-refractivity contribution in [2.75, 3.05) is 12.5 Å². The van der Waals surface area contributed by atoms with E-state index in [4.69, 9.17) is 9.47 Å². The van der Waals surface area contributed by atoms with E-state index in [1.54, 1.807) is 24.3 Å². The molecule has 4 rings (SSSR count). The summed E-state index contributed by atoms with van der Waals surface area (Å²) in [5, 5.41) is 0. The third-order valence-corrected chi connectivity index (χ3v) is 7.56. The molecule has 2 atom stereocenters. The number of ether oxygens (including phenoxy) is 2. The molecule has 0 heterocycles. The minimum absolute atomic E-state index is 0.291. The first kappa shape index (κ1) is 35.8. The molecule has 0 fully saturated rings. The number of carbonyl (C=O) groups excluding carboxylic acids is 2. The lowest BCUT2D eigenvalue weighted by Gasteiger charge is -2.18. The van der Waals surface area contributed by atoms with Gasteiger partial charge < -0.3 is 9.47 Å². The van der Waals surface area contributed by atoms with Gasteiger partial charge in [-0.25, -0.2) is 26.3 Å². The largest absolute Gasteiger partial charge is 0.486 e. The third kappa shape index (κ3) is 11.4. The van der Waals surface area contributed by atoms with Gasteiger partial charge in [-0.2, -0.15) is 0 Å². The quantitative estimate of drug-likeness (QED) is 0.221. The van der Waals surface area contributed by atoms with Crippen molar-refractivity contribution in [3.63, 3.8) is 0 Å². The van der Waals surface area contributed by atoms with E-state index in [0.717, 1.165) is 23.6 Å². The van der Waals surface area contributed by atoms with Crippen LogP contribution < -0.4 is 18.9 Å². The molecule has 0 aliphatic heterocycles. The number of nitrogens with one attached hydrogen (secondary N) is 2. The third-order valence-electron chi connectivity index (χ3n) is 6.45. The number of carbonyl (C=O) groups is 2. The van der Waals surface area contributed by atoms with Gasteiger partial charge in [0.1, 0.15) is 23.7 Å². The van der Waals surface area contributed by atoms with Crippen LogP contribution in [0.1, 0.15) is 69.0 Å². The van der Waals surface area contributed by atoms with Gasteiger partial charge in [0, 0.05) is 22.3 Å². The van der Waals surface area contributed by atoms with Crippen molar-refractivity contribution in [2.24, 2.45) is 0 Å². The number of hydrogen-bond acceptors (Lipinski definition) is 8. The molecule has 2 amide bonds. The lowest BCUT2D eigenvalue weighted by Crippen LogP contribution is -2.30. The first-order chi connectivity index (χ1) is 21.5. The summed E-state index contributed by atoms with van der Waals surface area (Å²) in [5.74, 6) is 0.0366. The van der Waals surface area contributed by atoms with Gasteiger partial charge in [0.15, 0.2) is 0 Å². The van der Waals surface area contributed by atoms with Crippen LogP contribution in [0.25, 0.3) is 0 Å². The maximum absolute atomic E-state index is 12.2. The molecule has 0 saturated heterocycles. The van der Waals surface area contributed by atoms with E-state index < -0.39 is 44.1 Å². The molecular weight excluding hydrogens is 629 g/mol. The number of aryl methyl sites for hydroxylation is 2. The number of para-hydroxylation sites is 2. The Hall–Kier alpha value is -4.68. The van der Waals surface area contributed by atoms with Gasteiger partial charge in [-0.15, -0.1) is 0 Å². The molecule has 0 saturated carbocycles. The summed E-state index contributed by atoms with van der Waals surface area (Å²) in [6.45, 7) is 7.30. The predicted molar refractivity (Wildman–Crippen MR) is 178 cm³/mol. The van der Waals surface area contributed by atoms with Gasteiger partial charge in [0.2, 0.25) is 20.0 Å². The molecule has 2 N–H and O–H groups in total. The molecule has 0 aliphatic carbocycles. The van der Waals surface area contributed by atoms with E-state index in [0.29, 0.717) is 33.8 Å². The van der Waals surface area contributed by atoms with Crippen LogP contribution in [0.4, 0.5) is 0 Å². The van der Waals surface area contributed by atoms with E-state index >= 15 is 0 Å². The number of hydrogen-bond donors (Lipinski definition) is 2. The monoisotopic (exact) mass is 666 g/mol. The Morgan fingerprint density at radius 2 is 0.891 bits per heavy atom. The molecular formula is C34H38N2O8S2. The van der Waals surface area contributed by atoms with E-state index in [1.807, 2.05) is 110 Å². The fraction of sp³-hybridized carbons (Fsp3) is 0.235. The average molecular weight is 667 g/mol. The topological polar surface area (TPSA) is 145 Å². The number of benzene rings is 4. The average Bonchev–Trinajstić information content (AvgIpc) is 2.96. The van der Waals surface area contributed by atoms with Gasteiger partial charge in [-0.3, -0.25) is 9.59 Å². The summed E-state index contributed by atoms with van der Waals surface area (Å²) in [6, 6.07) is 29.1. The predicted octanol–water partition coefficient (Wildman–Crippen LogP) is 5.65. The molecule has 0 aliphatic rings. The van der Waals surface area contributed by atoms with Crippen LogP contribution in [0.15, 0.2) is 97.1 Å². The molecule has 0 aromatic heterocycles. The number of sulfonamides is 2. The Bertz CT molecular complexity index is 1740. The first-order valence-corrected chi connectivity index (χ1v) is 18.0. The maximum atomic E-state index is 12.2. The zero-order valence-corrected chi connectivity index (χ0v) is 28.1. The van der Waals surface area contributed by atoms with E-state index in [2.05, 4.69) is 0 Å². The first-order valence-electron chi connectivity index (χ1n) is 14.2. The highest BCUT2D eigenvalue weighted by Crippen LogP contribution is 2.26. The van der Waals surface area contributed by atoms with Crippen molar-refractivity contribution in [3.8, 4) is 11.5 Å². The Kier molecular flexibility index (Phi) is 12.1. The minimum Gasteiger partial charge on any atom is -0.486 e. The second-order valence-corrected chi connectivity index (χ2v) is 14.2. The molecule has 0 unspecified atom stereocenters. The fourth-order valence-electron chi connectivity index (χ4n) is 4.42. The van der Waals surface area contributed by atoms with Crippen LogP contribution >= 0.6 is 0 Å². The van der Waals surface area contributed by atoms with Crippen molar-refractivity contribution in [3.05, 3.63) is 130 Å². The second kappa shape index (κ2) is 15.5. The van der Waals surface area contributed by atoms with E-state index in [9.17, 15) is 26.4 Å². The Morgan fingerprint density at radius 1 is 0.565 bits per heavy atom. The summed E-state index contributed by atoms with van der Waals surface area (Å²) in [4.78, 5) is 24.5. The van der Waals surface area contributed by atoms with Crippen molar-refractivity contribution in [1.29, 1.82) is 0 Å². The second-order valence-electron chi connectivity index (χ2n) is 10.7. The summed E-state index contributed by atoms with van der Waals surface area (Å²) >= 11 is 0. The Labute approximate surface area is 270 Å². The van der Waals surface area contributed by atoms with Crippen LogP contribution in [0, 0.1) is 13.8 Å². The molecule has 4 aromatic carbocycles. The van der Waals surface area contributed by atoms with E-state index in [1.165, 1.54) is 0 Å². The zero-order chi connectivity index (χ0) is 34.1. The van der Waals surface area contributed by atoms with E-state index in [-0.39, 0.29) is 0 Å². The molecule has 10 nitrogen and oxygen atoms in total. The van der Waals surface area contributed by atoms with Gasteiger partial charge in [0.25, 0.3) is 11.8 Å². The SMILES string of the molecule is Cc1ccc([C@@H](C)Oc2ccccc2)c(C(=O)NS(C)(=O)=O)c1.Cc1ccc([C@@H](C)Oc2ccccc2)c(C(=O)NS(C)(=O)=O)c1. The van der Waals surface area contributed by atoms with Crippen molar-refractivity contribution < 1.29 is 35.9 Å². The highest BCUT2D eigenvalue weighted by molar-refractivity contribution is 7.89. The van der Waals surface area contributed by atoms with Crippen LogP contribution in [0.3, 0.4) is 0 Å². The Morgan fingerprint density at radius 3 is 1.20 bits per heavy atom. The van der Waals surface area contributed by atoms with Gasteiger partial charge in [-0.05, 0) is 64.1 Å². The van der Waals surface area contributed by atoms with Crippen molar-refractivity contribution in [1.82, 2.24) is 9.44 Å².